The molecule has 5 N–H and O–H groups in total. The summed E-state index contributed by atoms with van der Waals surface area (Å²) in [6.45, 7) is 1.69. The van der Waals surface area contributed by atoms with E-state index in [4.69, 9.17) is 10.8 Å². The van der Waals surface area contributed by atoms with Gasteiger partial charge in [-0.05, 0) is 24.6 Å². The number of nitrogens with two attached hydrogens (primary N) is 1. The van der Waals surface area contributed by atoms with Gasteiger partial charge in [-0.1, -0.05) is 17.6 Å². The van der Waals surface area contributed by atoms with Crippen LogP contribution in [0.3, 0.4) is 0 Å². The first-order valence-corrected chi connectivity index (χ1v) is 5.23. The van der Waals surface area contributed by atoms with Crippen molar-refractivity contribution in [3.63, 3.8) is 0 Å². The van der Waals surface area contributed by atoms with E-state index in [1.807, 2.05) is 0 Å². The lowest BCUT2D eigenvalue weighted by Gasteiger charge is -2.11. The van der Waals surface area contributed by atoms with E-state index < -0.39 is 11.1 Å². The van der Waals surface area contributed by atoms with E-state index in [9.17, 15) is 14.9 Å². The van der Waals surface area contributed by atoms with E-state index >= 15 is 0 Å². The molecule has 0 saturated carbocycles. The zero-order chi connectivity index (χ0) is 14.4. The molecule has 1 aromatic carbocycles. The molecule has 0 heterocycles. The Balaban J connectivity index is 2.76. The largest absolute Gasteiger partial charge is 0.465 e. The van der Waals surface area contributed by atoms with E-state index in [2.05, 4.69) is 10.3 Å². The van der Waals surface area contributed by atoms with Gasteiger partial charge >= 0.3 is 6.09 Å². The highest BCUT2D eigenvalue weighted by molar-refractivity contribution is 5.79. The smallest absolute Gasteiger partial charge is 0.405 e. The summed E-state index contributed by atoms with van der Waals surface area (Å²) in [6.07, 6.45) is -1.12. The van der Waals surface area contributed by atoms with Crippen LogP contribution in [0.2, 0.25) is 0 Å². The maximum Gasteiger partial charge on any atom is 0.405 e. The molecule has 0 aliphatic rings. The second kappa shape index (κ2) is 6.19. The number of benzene rings is 1. The van der Waals surface area contributed by atoms with Crippen LogP contribution in [0, 0.1) is 10.1 Å². The first kappa shape index (κ1) is 14.2. The Morgan fingerprint density at radius 3 is 2.53 bits per heavy atom. The Labute approximate surface area is 108 Å². The van der Waals surface area contributed by atoms with Gasteiger partial charge in [0.05, 0.1) is 11.7 Å². The SMILES string of the molecule is CC(NC(=O)O)c1ccc(N=C(N)N[N+](=O)[O-])cc1. The number of hydrogen-bond donors (Lipinski definition) is 4. The molecule has 0 aliphatic carbocycles. The predicted molar refractivity (Wildman–Crippen MR) is 67.4 cm³/mol. The van der Waals surface area contributed by atoms with Gasteiger partial charge in [0.2, 0.25) is 0 Å². The Morgan fingerprint density at radius 2 is 2.05 bits per heavy atom. The molecular formula is C10H13N5O4. The fourth-order valence-electron chi connectivity index (χ4n) is 1.36. The fraction of sp³-hybridized carbons (Fsp3) is 0.200. The fourth-order valence-corrected chi connectivity index (χ4v) is 1.36. The van der Waals surface area contributed by atoms with E-state index in [0.717, 1.165) is 5.56 Å². The van der Waals surface area contributed by atoms with Crippen molar-refractivity contribution < 1.29 is 14.9 Å². The van der Waals surface area contributed by atoms with Crippen LogP contribution in [0.25, 0.3) is 0 Å². The molecule has 1 rings (SSSR count). The van der Waals surface area contributed by atoms with Gasteiger partial charge in [-0.25, -0.2) is 19.9 Å². The second-order valence-electron chi connectivity index (χ2n) is 3.63. The number of hydrazine groups is 1. The Kier molecular flexibility index (Phi) is 4.63. The number of nitrogens with zero attached hydrogens (tertiary/aromatic N) is 2. The number of hydrogen-bond acceptors (Lipinski definition) is 4. The van der Waals surface area contributed by atoms with Crippen LogP contribution in [-0.4, -0.2) is 22.2 Å². The molecule has 0 fully saturated rings. The van der Waals surface area contributed by atoms with Gasteiger partial charge in [-0.3, -0.25) is 0 Å². The maximum atomic E-state index is 10.5. The molecule has 0 radical (unpaired) electrons. The second-order valence-corrected chi connectivity index (χ2v) is 3.63. The van der Waals surface area contributed by atoms with Gasteiger partial charge in [0.25, 0.3) is 5.96 Å². The quantitative estimate of drug-likeness (QED) is 0.274. The van der Waals surface area contributed by atoms with Crippen molar-refractivity contribution in [3.8, 4) is 0 Å². The summed E-state index contributed by atoms with van der Waals surface area (Å²) in [4.78, 5) is 24.4. The lowest BCUT2D eigenvalue weighted by atomic mass is 10.1. The number of aliphatic imine (C=N–C) groups is 1. The first-order valence-electron chi connectivity index (χ1n) is 5.23. The molecule has 1 aromatic rings. The van der Waals surface area contributed by atoms with Gasteiger partial charge in [0, 0.05) is 0 Å². The first-order chi connectivity index (χ1) is 8.88. The summed E-state index contributed by atoms with van der Waals surface area (Å²) in [6, 6.07) is 6.08. The standard InChI is InChI=1S/C10H13N5O4/c1-6(12-10(16)17)7-2-4-8(5-3-7)13-9(11)14-15(18)19/h2-6,12H,1H3,(H,16,17)(H3,11,13,14). The highest BCUT2D eigenvalue weighted by Gasteiger charge is 2.07. The van der Waals surface area contributed by atoms with Crippen molar-refractivity contribution in [2.75, 3.05) is 0 Å². The molecule has 0 aromatic heterocycles. The van der Waals surface area contributed by atoms with Crippen molar-refractivity contribution >= 4 is 17.7 Å². The zero-order valence-corrected chi connectivity index (χ0v) is 10.0. The highest BCUT2D eigenvalue weighted by Crippen LogP contribution is 2.17. The number of carbonyl (C=O) groups is 1. The monoisotopic (exact) mass is 267 g/mol. The van der Waals surface area contributed by atoms with Gasteiger partial charge in [-0.2, -0.15) is 0 Å². The molecule has 102 valence electrons. The lowest BCUT2D eigenvalue weighted by Crippen LogP contribution is -2.35. The molecular weight excluding hydrogens is 254 g/mol. The van der Waals surface area contributed by atoms with Crippen molar-refractivity contribution in [1.29, 1.82) is 0 Å². The number of carboxylic acid groups (broad SMARTS) is 1. The highest BCUT2D eigenvalue weighted by atomic mass is 16.7. The molecule has 1 unspecified atom stereocenters. The third-order valence-electron chi connectivity index (χ3n) is 2.19. The summed E-state index contributed by atoms with van der Waals surface area (Å²) in [5, 5.41) is 20.2. The minimum Gasteiger partial charge on any atom is -0.465 e. The van der Waals surface area contributed by atoms with Crippen LogP contribution in [0.15, 0.2) is 29.3 Å². The maximum absolute atomic E-state index is 10.5. The normalized spacial score (nSPS) is 12.6. The van der Waals surface area contributed by atoms with E-state index in [-0.39, 0.29) is 12.0 Å². The van der Waals surface area contributed by atoms with Gasteiger partial charge in [-0.15, -0.1) is 0 Å². The molecule has 1 atom stereocenters. The Morgan fingerprint density at radius 1 is 1.47 bits per heavy atom. The number of nitrogens with one attached hydrogen (secondary N) is 2. The third kappa shape index (κ3) is 4.89. The minimum absolute atomic E-state index is 0.338. The van der Waals surface area contributed by atoms with Gasteiger partial charge in [0.15, 0.2) is 5.03 Å². The van der Waals surface area contributed by atoms with Crippen LogP contribution >= 0.6 is 0 Å². The molecule has 0 bridgehead atoms. The van der Waals surface area contributed by atoms with E-state index in [1.54, 1.807) is 36.6 Å². The third-order valence-corrected chi connectivity index (χ3v) is 2.19. The van der Waals surface area contributed by atoms with Crippen molar-refractivity contribution in [2.24, 2.45) is 10.7 Å². The van der Waals surface area contributed by atoms with Crippen molar-refractivity contribution in [2.45, 2.75) is 13.0 Å². The van der Waals surface area contributed by atoms with Gasteiger partial charge in [0.1, 0.15) is 0 Å². The molecule has 0 saturated heterocycles. The summed E-state index contributed by atoms with van der Waals surface area (Å²) in [5.41, 5.74) is 8.15. The van der Waals surface area contributed by atoms with E-state index in [0.29, 0.717) is 5.69 Å². The minimum atomic E-state index is -1.12. The van der Waals surface area contributed by atoms with Crippen molar-refractivity contribution in [3.05, 3.63) is 39.9 Å². The van der Waals surface area contributed by atoms with Gasteiger partial charge < -0.3 is 16.2 Å². The van der Waals surface area contributed by atoms with Crippen LogP contribution in [0.1, 0.15) is 18.5 Å². The van der Waals surface area contributed by atoms with Crippen LogP contribution in [0.5, 0.6) is 0 Å². The summed E-state index contributed by atoms with van der Waals surface area (Å²) < 4.78 is 0. The van der Waals surface area contributed by atoms with Crippen LogP contribution < -0.4 is 16.5 Å². The average Bonchev–Trinajstić information content (AvgIpc) is 2.27. The lowest BCUT2D eigenvalue weighted by molar-refractivity contribution is -0.525. The summed E-state index contributed by atoms with van der Waals surface area (Å²) in [5.74, 6) is -0.338. The number of nitro groups is 1. The topological polar surface area (TPSA) is 143 Å². The average molecular weight is 267 g/mol. The molecule has 19 heavy (non-hydrogen) atoms. The van der Waals surface area contributed by atoms with E-state index in [1.165, 1.54) is 0 Å². The molecule has 1 amide bonds. The molecule has 9 nitrogen and oxygen atoms in total. The van der Waals surface area contributed by atoms with Crippen LogP contribution in [-0.2, 0) is 0 Å². The summed E-state index contributed by atoms with van der Waals surface area (Å²) in [7, 11) is 0. The Hall–Kier alpha value is -2.84. The number of rotatable bonds is 4. The number of guanidine groups is 1. The Bertz CT molecular complexity index is 499. The van der Waals surface area contributed by atoms with Crippen molar-refractivity contribution in [1.82, 2.24) is 10.7 Å². The molecule has 0 aliphatic heterocycles. The molecule has 9 heteroatoms. The van der Waals surface area contributed by atoms with Crippen LogP contribution in [0.4, 0.5) is 10.5 Å². The summed E-state index contributed by atoms with van der Waals surface area (Å²) >= 11 is 0. The predicted octanol–water partition coefficient (Wildman–Crippen LogP) is 0.743. The molecule has 0 spiro atoms. The zero-order valence-electron chi connectivity index (χ0n) is 10.0. The number of amides is 1.